The minimum atomic E-state index is -0.546. The lowest BCUT2D eigenvalue weighted by Crippen LogP contribution is -2.44. The zero-order chi connectivity index (χ0) is 9.80. The summed E-state index contributed by atoms with van der Waals surface area (Å²) in [6.45, 7) is 1.75. The number of halogens is 1. The van der Waals surface area contributed by atoms with Crippen LogP contribution in [0.2, 0.25) is 0 Å². The van der Waals surface area contributed by atoms with Gasteiger partial charge >= 0.3 is 0 Å². The van der Waals surface area contributed by atoms with Crippen molar-refractivity contribution in [3.05, 3.63) is 0 Å². The van der Waals surface area contributed by atoms with Gasteiger partial charge in [-0.3, -0.25) is 0 Å². The van der Waals surface area contributed by atoms with Gasteiger partial charge in [0.1, 0.15) is 6.17 Å². The Morgan fingerprint density at radius 2 is 1.79 bits per heavy atom. The zero-order valence-corrected chi connectivity index (χ0v) is 8.68. The monoisotopic (exact) mass is 201 g/mol. The lowest BCUT2D eigenvalue weighted by Gasteiger charge is -2.31. The maximum atomic E-state index is 12.9. The van der Waals surface area contributed by atoms with Gasteiger partial charge < -0.3 is 10.1 Å². The third-order valence-corrected chi connectivity index (χ3v) is 3.29. The first-order valence-corrected chi connectivity index (χ1v) is 5.82. The van der Waals surface area contributed by atoms with Gasteiger partial charge in [-0.2, -0.15) is 0 Å². The molecule has 2 aliphatic rings. The van der Waals surface area contributed by atoms with E-state index in [1.807, 2.05) is 0 Å². The molecule has 2 rings (SSSR count). The van der Waals surface area contributed by atoms with E-state index in [2.05, 4.69) is 5.32 Å². The molecule has 0 amide bonds. The van der Waals surface area contributed by atoms with Crippen LogP contribution >= 0.6 is 0 Å². The molecule has 0 aromatic carbocycles. The first-order chi connectivity index (χ1) is 6.84. The average molecular weight is 201 g/mol. The first kappa shape index (κ1) is 10.4. The largest absolute Gasteiger partial charge is 0.380 e. The molecule has 0 unspecified atom stereocenters. The molecule has 2 nitrogen and oxygen atoms in total. The van der Waals surface area contributed by atoms with Crippen molar-refractivity contribution in [2.75, 3.05) is 13.2 Å². The Morgan fingerprint density at radius 3 is 2.43 bits per heavy atom. The van der Waals surface area contributed by atoms with Crippen molar-refractivity contribution in [2.45, 2.75) is 56.8 Å². The maximum absolute atomic E-state index is 12.9. The van der Waals surface area contributed by atoms with Crippen molar-refractivity contribution in [3.8, 4) is 0 Å². The topological polar surface area (TPSA) is 21.3 Å². The van der Waals surface area contributed by atoms with Crippen LogP contribution in [0.15, 0.2) is 0 Å². The number of hydrogen-bond acceptors (Lipinski definition) is 2. The van der Waals surface area contributed by atoms with Crippen molar-refractivity contribution in [3.63, 3.8) is 0 Å². The molecule has 1 aliphatic carbocycles. The van der Waals surface area contributed by atoms with Crippen LogP contribution in [-0.4, -0.2) is 31.5 Å². The van der Waals surface area contributed by atoms with E-state index in [-0.39, 0.29) is 0 Å². The van der Waals surface area contributed by atoms with Gasteiger partial charge in [-0.15, -0.1) is 0 Å². The number of ether oxygens (including phenoxy) is 1. The predicted octanol–water partition coefficient (Wildman–Crippen LogP) is 2.04. The van der Waals surface area contributed by atoms with Crippen LogP contribution in [0.5, 0.6) is 0 Å². The quantitative estimate of drug-likeness (QED) is 0.738. The van der Waals surface area contributed by atoms with E-state index in [9.17, 15) is 4.39 Å². The second-order valence-electron chi connectivity index (χ2n) is 4.53. The van der Waals surface area contributed by atoms with Crippen molar-refractivity contribution >= 4 is 0 Å². The van der Waals surface area contributed by atoms with Gasteiger partial charge in [0.25, 0.3) is 0 Å². The fourth-order valence-corrected chi connectivity index (χ4v) is 2.42. The summed E-state index contributed by atoms with van der Waals surface area (Å²) in [5.74, 6) is 0. The standard InChI is InChI=1S/C11H20FNO/c12-9-3-5-10(6-4-9)13-11-2-1-7-14-8-11/h9-11,13H,1-8H2/t9?,10?,11-/m0/s1. The Morgan fingerprint density at radius 1 is 1.00 bits per heavy atom. The Balaban J connectivity index is 1.68. The van der Waals surface area contributed by atoms with E-state index in [4.69, 9.17) is 4.74 Å². The van der Waals surface area contributed by atoms with Gasteiger partial charge in [0.2, 0.25) is 0 Å². The summed E-state index contributed by atoms with van der Waals surface area (Å²) in [4.78, 5) is 0. The maximum Gasteiger partial charge on any atom is 0.100 e. The molecule has 0 radical (unpaired) electrons. The second-order valence-corrected chi connectivity index (χ2v) is 4.53. The van der Waals surface area contributed by atoms with E-state index in [1.54, 1.807) is 0 Å². The Hall–Kier alpha value is -0.150. The third kappa shape index (κ3) is 2.92. The summed E-state index contributed by atoms with van der Waals surface area (Å²) >= 11 is 0. The fourth-order valence-electron chi connectivity index (χ4n) is 2.42. The summed E-state index contributed by atoms with van der Waals surface area (Å²) in [5, 5.41) is 3.59. The van der Waals surface area contributed by atoms with Crippen molar-refractivity contribution < 1.29 is 9.13 Å². The van der Waals surface area contributed by atoms with Crippen LogP contribution in [0.4, 0.5) is 4.39 Å². The molecule has 2 fully saturated rings. The molecular formula is C11H20FNO. The van der Waals surface area contributed by atoms with Crippen LogP contribution in [-0.2, 0) is 4.74 Å². The summed E-state index contributed by atoms with van der Waals surface area (Å²) in [7, 11) is 0. The molecule has 1 saturated carbocycles. The summed E-state index contributed by atoms with van der Waals surface area (Å²) in [6.07, 6.45) is 5.31. The molecule has 0 bridgehead atoms. The summed E-state index contributed by atoms with van der Waals surface area (Å²) in [5.41, 5.74) is 0. The van der Waals surface area contributed by atoms with Crippen LogP contribution < -0.4 is 5.32 Å². The zero-order valence-electron chi connectivity index (χ0n) is 8.68. The normalized spacial score (nSPS) is 39.6. The minimum absolute atomic E-state index is 0.518. The number of rotatable bonds is 2. The van der Waals surface area contributed by atoms with Crippen LogP contribution in [0.25, 0.3) is 0 Å². The minimum Gasteiger partial charge on any atom is -0.380 e. The van der Waals surface area contributed by atoms with E-state index < -0.39 is 6.17 Å². The Kier molecular flexibility index (Phi) is 3.76. The van der Waals surface area contributed by atoms with Crippen molar-refractivity contribution in [1.82, 2.24) is 5.32 Å². The lowest BCUT2D eigenvalue weighted by atomic mass is 9.93. The highest BCUT2D eigenvalue weighted by Gasteiger charge is 2.23. The van der Waals surface area contributed by atoms with Gasteiger partial charge in [0, 0.05) is 18.7 Å². The molecule has 1 heterocycles. The Labute approximate surface area is 85.2 Å². The molecule has 82 valence electrons. The molecule has 1 atom stereocenters. The molecule has 3 heteroatoms. The van der Waals surface area contributed by atoms with E-state index in [0.29, 0.717) is 12.1 Å². The second kappa shape index (κ2) is 5.08. The highest BCUT2D eigenvalue weighted by molar-refractivity contribution is 4.81. The fraction of sp³-hybridized carbons (Fsp3) is 1.00. The highest BCUT2D eigenvalue weighted by Crippen LogP contribution is 2.22. The van der Waals surface area contributed by atoms with Gasteiger partial charge in [0.15, 0.2) is 0 Å². The predicted molar refractivity (Wildman–Crippen MR) is 54.1 cm³/mol. The molecular weight excluding hydrogens is 181 g/mol. The summed E-state index contributed by atoms with van der Waals surface area (Å²) < 4.78 is 18.3. The molecule has 0 aromatic heterocycles. The molecule has 0 aromatic rings. The van der Waals surface area contributed by atoms with Gasteiger partial charge in [0.05, 0.1) is 6.61 Å². The van der Waals surface area contributed by atoms with Crippen molar-refractivity contribution in [2.24, 2.45) is 0 Å². The number of alkyl halides is 1. The van der Waals surface area contributed by atoms with E-state index in [1.165, 1.54) is 6.42 Å². The van der Waals surface area contributed by atoms with Gasteiger partial charge in [-0.05, 0) is 38.5 Å². The van der Waals surface area contributed by atoms with Crippen molar-refractivity contribution in [1.29, 1.82) is 0 Å². The van der Waals surface area contributed by atoms with Gasteiger partial charge in [-0.1, -0.05) is 0 Å². The van der Waals surface area contributed by atoms with Crippen LogP contribution in [0, 0.1) is 0 Å². The molecule has 1 saturated heterocycles. The van der Waals surface area contributed by atoms with E-state index >= 15 is 0 Å². The van der Waals surface area contributed by atoms with E-state index in [0.717, 1.165) is 45.3 Å². The average Bonchev–Trinajstić information content (AvgIpc) is 2.23. The highest BCUT2D eigenvalue weighted by atomic mass is 19.1. The van der Waals surface area contributed by atoms with Crippen LogP contribution in [0.1, 0.15) is 38.5 Å². The summed E-state index contributed by atoms with van der Waals surface area (Å²) in [6, 6.07) is 1.05. The molecule has 14 heavy (non-hydrogen) atoms. The molecule has 1 N–H and O–H groups in total. The SMILES string of the molecule is FC1CCC(N[C@H]2CCCOC2)CC1. The molecule has 0 spiro atoms. The lowest BCUT2D eigenvalue weighted by molar-refractivity contribution is 0.0623. The third-order valence-electron chi connectivity index (χ3n) is 3.29. The number of nitrogens with one attached hydrogen (secondary N) is 1. The smallest absolute Gasteiger partial charge is 0.100 e. The first-order valence-electron chi connectivity index (χ1n) is 5.82. The number of hydrogen-bond donors (Lipinski definition) is 1. The van der Waals surface area contributed by atoms with Gasteiger partial charge in [-0.25, -0.2) is 4.39 Å². The Bertz CT molecular complexity index is 163. The van der Waals surface area contributed by atoms with Crippen LogP contribution in [0.3, 0.4) is 0 Å². The molecule has 1 aliphatic heterocycles.